The van der Waals surface area contributed by atoms with Crippen molar-refractivity contribution < 1.29 is 27.4 Å². The third-order valence-corrected chi connectivity index (χ3v) is 7.43. The normalized spacial score (nSPS) is 11.3. The Hall–Kier alpha value is -2.49. The Morgan fingerprint density at radius 2 is 1.59 bits per heavy atom. The summed E-state index contributed by atoms with van der Waals surface area (Å²) in [6, 6.07) is 7.98. The molecule has 0 spiro atoms. The molecule has 0 saturated heterocycles. The van der Waals surface area contributed by atoms with Crippen LogP contribution in [-0.4, -0.2) is 53.0 Å². The van der Waals surface area contributed by atoms with Crippen LogP contribution in [0.2, 0.25) is 5.02 Å². The Balaban J connectivity index is 2.16. The van der Waals surface area contributed by atoms with Gasteiger partial charge in [-0.1, -0.05) is 25.4 Å². The van der Waals surface area contributed by atoms with Crippen LogP contribution >= 0.6 is 11.6 Å². The number of aryl methyl sites for hydroxylation is 1. The van der Waals surface area contributed by atoms with Crippen LogP contribution in [0, 0.1) is 0 Å². The second-order valence-corrected chi connectivity index (χ2v) is 9.13. The zero-order valence-electron chi connectivity index (χ0n) is 18.9. The van der Waals surface area contributed by atoms with Crippen molar-refractivity contribution in [1.82, 2.24) is 4.31 Å². The number of carbonyl (C=O) groups is 1. The minimum absolute atomic E-state index is 0.0368. The molecule has 0 aliphatic heterocycles. The second-order valence-electron chi connectivity index (χ2n) is 6.82. The van der Waals surface area contributed by atoms with Gasteiger partial charge in [0.15, 0.2) is 11.5 Å². The van der Waals surface area contributed by atoms with Crippen LogP contribution in [0.4, 0.5) is 5.69 Å². The number of hydrogen-bond acceptors (Lipinski definition) is 6. The predicted molar refractivity (Wildman–Crippen MR) is 125 cm³/mol. The topological polar surface area (TPSA) is 94.2 Å². The molecule has 32 heavy (non-hydrogen) atoms. The van der Waals surface area contributed by atoms with E-state index in [0.29, 0.717) is 42.4 Å². The maximum absolute atomic E-state index is 12.8. The highest BCUT2D eigenvalue weighted by molar-refractivity contribution is 7.89. The molecular formula is C22H29ClN2O6S. The van der Waals surface area contributed by atoms with Gasteiger partial charge in [0, 0.05) is 25.2 Å². The molecule has 8 nitrogen and oxygen atoms in total. The Morgan fingerprint density at radius 1 is 1.00 bits per heavy atom. The number of hydrogen-bond donors (Lipinski definition) is 1. The van der Waals surface area contributed by atoms with Gasteiger partial charge in [-0.25, -0.2) is 8.42 Å². The summed E-state index contributed by atoms with van der Waals surface area (Å²) in [5.41, 5.74) is 1.19. The summed E-state index contributed by atoms with van der Waals surface area (Å²) < 4.78 is 43.0. The summed E-state index contributed by atoms with van der Waals surface area (Å²) in [5.74, 6) is 1.22. The summed E-state index contributed by atoms with van der Waals surface area (Å²) in [6.07, 6.45) is 0.583. The molecule has 0 bridgehead atoms. The van der Waals surface area contributed by atoms with Crippen molar-refractivity contribution >= 4 is 33.2 Å². The lowest BCUT2D eigenvalue weighted by Crippen LogP contribution is -2.30. The van der Waals surface area contributed by atoms with E-state index >= 15 is 0 Å². The van der Waals surface area contributed by atoms with Crippen molar-refractivity contribution in [1.29, 1.82) is 0 Å². The molecule has 0 unspecified atom stereocenters. The van der Waals surface area contributed by atoms with Gasteiger partial charge in [0.05, 0.1) is 26.4 Å². The molecule has 0 atom stereocenters. The molecule has 2 rings (SSSR count). The number of sulfonamides is 1. The maximum Gasteiger partial charge on any atom is 0.244 e. The van der Waals surface area contributed by atoms with E-state index in [-0.39, 0.29) is 22.2 Å². The standard InChI is InChI=1S/C22H29ClN2O6S/c1-6-25(7-2)32(27,28)20-14-16(9-10-17(20)23)24-21(26)11-8-15-12-18(29-3)22(31-5)19(13-15)30-4/h9-10,12-14H,6-8,11H2,1-5H3,(H,24,26). The molecule has 2 aromatic carbocycles. The van der Waals surface area contributed by atoms with E-state index in [9.17, 15) is 13.2 Å². The van der Waals surface area contributed by atoms with Crippen molar-refractivity contribution in [2.75, 3.05) is 39.7 Å². The molecule has 0 fully saturated rings. The number of ether oxygens (including phenoxy) is 3. The third-order valence-electron chi connectivity index (χ3n) is 4.90. The highest BCUT2D eigenvalue weighted by Gasteiger charge is 2.25. The van der Waals surface area contributed by atoms with Gasteiger partial charge in [0.25, 0.3) is 0 Å². The Kier molecular flexibility index (Phi) is 9.18. The lowest BCUT2D eigenvalue weighted by atomic mass is 10.1. The molecule has 0 aliphatic carbocycles. The lowest BCUT2D eigenvalue weighted by Gasteiger charge is -2.19. The van der Waals surface area contributed by atoms with Gasteiger partial charge in [-0.05, 0) is 42.3 Å². The molecule has 0 aromatic heterocycles. The summed E-state index contributed by atoms with van der Waals surface area (Å²) in [6.45, 7) is 4.15. The minimum Gasteiger partial charge on any atom is -0.493 e. The highest BCUT2D eigenvalue weighted by Crippen LogP contribution is 2.38. The molecular weight excluding hydrogens is 456 g/mol. The summed E-state index contributed by atoms with van der Waals surface area (Å²) in [7, 11) is 0.817. The number of methoxy groups -OCH3 is 3. The number of anilines is 1. The van der Waals surface area contributed by atoms with Crippen molar-refractivity contribution in [3.63, 3.8) is 0 Å². The Labute approximate surface area is 194 Å². The molecule has 176 valence electrons. The van der Waals surface area contributed by atoms with Gasteiger partial charge in [0.2, 0.25) is 21.7 Å². The average molecular weight is 485 g/mol. The van der Waals surface area contributed by atoms with Gasteiger partial charge >= 0.3 is 0 Å². The first-order valence-corrected chi connectivity index (χ1v) is 11.9. The second kappa shape index (κ2) is 11.4. The fourth-order valence-electron chi connectivity index (χ4n) is 3.24. The van der Waals surface area contributed by atoms with E-state index in [1.165, 1.54) is 37.8 Å². The summed E-state index contributed by atoms with van der Waals surface area (Å²) in [5, 5.41) is 2.84. The average Bonchev–Trinajstić information content (AvgIpc) is 2.78. The highest BCUT2D eigenvalue weighted by atomic mass is 35.5. The fraction of sp³-hybridized carbons (Fsp3) is 0.409. The molecule has 0 radical (unpaired) electrons. The van der Waals surface area contributed by atoms with E-state index in [0.717, 1.165) is 5.56 Å². The van der Waals surface area contributed by atoms with Gasteiger partial charge in [-0.2, -0.15) is 4.31 Å². The number of nitrogens with one attached hydrogen (secondary N) is 1. The fourth-order valence-corrected chi connectivity index (χ4v) is 5.20. The predicted octanol–water partition coefficient (Wildman–Crippen LogP) is 3.97. The van der Waals surface area contributed by atoms with E-state index in [4.69, 9.17) is 25.8 Å². The summed E-state index contributed by atoms with van der Waals surface area (Å²) >= 11 is 6.15. The molecule has 0 saturated carbocycles. The van der Waals surface area contributed by atoms with Crippen LogP contribution in [-0.2, 0) is 21.2 Å². The van der Waals surface area contributed by atoms with Crippen LogP contribution in [0.25, 0.3) is 0 Å². The first-order chi connectivity index (χ1) is 15.2. The molecule has 0 aliphatic rings. The van der Waals surface area contributed by atoms with Crippen molar-refractivity contribution in [3.05, 3.63) is 40.9 Å². The van der Waals surface area contributed by atoms with Crippen LogP contribution in [0.3, 0.4) is 0 Å². The largest absolute Gasteiger partial charge is 0.493 e. The van der Waals surface area contributed by atoms with Gasteiger partial charge in [0.1, 0.15) is 4.90 Å². The summed E-state index contributed by atoms with van der Waals surface area (Å²) in [4.78, 5) is 12.5. The van der Waals surface area contributed by atoms with Gasteiger partial charge in [-0.3, -0.25) is 4.79 Å². The molecule has 10 heteroatoms. The molecule has 1 amide bonds. The SMILES string of the molecule is CCN(CC)S(=O)(=O)c1cc(NC(=O)CCc2cc(OC)c(OC)c(OC)c2)ccc1Cl. The number of rotatable bonds is 11. The Morgan fingerprint density at radius 3 is 2.09 bits per heavy atom. The lowest BCUT2D eigenvalue weighted by molar-refractivity contribution is -0.116. The van der Waals surface area contributed by atoms with Gasteiger partial charge < -0.3 is 19.5 Å². The number of nitrogens with zero attached hydrogens (tertiary/aromatic N) is 1. The first kappa shape index (κ1) is 25.8. The quantitative estimate of drug-likeness (QED) is 0.518. The zero-order chi connectivity index (χ0) is 23.9. The first-order valence-electron chi connectivity index (χ1n) is 10.1. The monoisotopic (exact) mass is 484 g/mol. The van der Waals surface area contributed by atoms with E-state index in [1.54, 1.807) is 32.0 Å². The van der Waals surface area contributed by atoms with Crippen molar-refractivity contribution in [2.24, 2.45) is 0 Å². The number of amides is 1. The molecule has 1 N–H and O–H groups in total. The van der Waals surface area contributed by atoms with Crippen molar-refractivity contribution in [3.8, 4) is 17.2 Å². The van der Waals surface area contributed by atoms with E-state index < -0.39 is 10.0 Å². The number of halogens is 1. The van der Waals surface area contributed by atoms with Gasteiger partial charge in [-0.15, -0.1) is 0 Å². The van der Waals surface area contributed by atoms with Crippen LogP contribution in [0.5, 0.6) is 17.2 Å². The van der Waals surface area contributed by atoms with Crippen LogP contribution in [0.1, 0.15) is 25.8 Å². The number of carbonyl (C=O) groups excluding carboxylic acids is 1. The van der Waals surface area contributed by atoms with E-state index in [2.05, 4.69) is 5.32 Å². The van der Waals surface area contributed by atoms with Crippen LogP contribution < -0.4 is 19.5 Å². The third kappa shape index (κ3) is 5.85. The minimum atomic E-state index is -3.76. The molecule has 2 aromatic rings. The smallest absolute Gasteiger partial charge is 0.244 e. The van der Waals surface area contributed by atoms with Crippen molar-refractivity contribution in [2.45, 2.75) is 31.6 Å². The Bertz CT molecular complexity index is 1030. The number of benzene rings is 2. The molecule has 0 heterocycles. The van der Waals surface area contributed by atoms with Crippen LogP contribution in [0.15, 0.2) is 35.2 Å². The van der Waals surface area contributed by atoms with E-state index in [1.807, 2.05) is 0 Å². The zero-order valence-corrected chi connectivity index (χ0v) is 20.5. The maximum atomic E-state index is 12.8.